The molecule has 0 aromatic heterocycles. The van der Waals surface area contributed by atoms with Crippen molar-refractivity contribution in [3.8, 4) is 0 Å². The summed E-state index contributed by atoms with van der Waals surface area (Å²) in [6.45, 7) is 15.0. The largest absolute Gasteiger partial charge is 0.399 e. The van der Waals surface area contributed by atoms with Crippen molar-refractivity contribution in [2.45, 2.75) is 40.7 Å². The first-order valence-electron chi connectivity index (χ1n) is 8.36. The highest BCUT2D eigenvalue weighted by atomic mass is 14.9. The predicted octanol–water partition coefficient (Wildman–Crippen LogP) is 5.71. The van der Waals surface area contributed by atoms with Crippen molar-refractivity contribution in [1.82, 2.24) is 5.32 Å². The summed E-state index contributed by atoms with van der Waals surface area (Å²) in [7, 11) is 0. The second-order valence-corrected chi connectivity index (χ2v) is 6.67. The number of nitrogens with one attached hydrogen (secondary N) is 1. The second kappa shape index (κ2) is 7.39. The molecule has 2 nitrogen and oxygen atoms in total. The number of nitrogen functional groups attached to an aromatic ring is 1. The molecule has 3 N–H and O–H groups in total. The van der Waals surface area contributed by atoms with Gasteiger partial charge in [-0.25, -0.2) is 0 Å². The van der Waals surface area contributed by atoms with Crippen molar-refractivity contribution in [1.29, 1.82) is 0 Å². The van der Waals surface area contributed by atoms with Crippen LogP contribution in [0.15, 0.2) is 54.6 Å². The maximum Gasteiger partial charge on any atom is 0.0485 e. The fourth-order valence-electron chi connectivity index (χ4n) is 2.70. The molecule has 0 aliphatic rings. The molecule has 2 aromatic carbocycles. The number of rotatable bonds is 5. The fraction of sp³-hybridized carbons (Fsp3) is 0.273. The van der Waals surface area contributed by atoms with Gasteiger partial charge in [0.05, 0.1) is 0 Å². The molecule has 0 amide bonds. The molecule has 126 valence electrons. The van der Waals surface area contributed by atoms with Gasteiger partial charge in [0, 0.05) is 17.4 Å². The van der Waals surface area contributed by atoms with E-state index in [4.69, 9.17) is 5.73 Å². The zero-order valence-electron chi connectivity index (χ0n) is 15.4. The van der Waals surface area contributed by atoms with Crippen LogP contribution in [0.25, 0.3) is 11.3 Å². The SMILES string of the molecule is C=C(N[C@@H](C)c1ccc(N)cc1)c1ccc(C)c(C(C)=C(C)C)c1. The third-order valence-corrected chi connectivity index (χ3v) is 4.57. The minimum atomic E-state index is 0.174. The Morgan fingerprint density at radius 1 is 1.04 bits per heavy atom. The van der Waals surface area contributed by atoms with E-state index in [1.165, 1.54) is 27.8 Å². The number of allylic oxidation sites excluding steroid dienone is 2. The average molecular weight is 320 g/mol. The zero-order chi connectivity index (χ0) is 17.9. The van der Waals surface area contributed by atoms with Gasteiger partial charge in [0.1, 0.15) is 0 Å². The first kappa shape index (κ1) is 17.9. The van der Waals surface area contributed by atoms with Crippen LogP contribution in [0.4, 0.5) is 5.69 Å². The summed E-state index contributed by atoms with van der Waals surface area (Å²) in [6, 6.07) is 14.6. The Kier molecular flexibility index (Phi) is 5.50. The Morgan fingerprint density at radius 2 is 1.67 bits per heavy atom. The molecular formula is C22H28N2. The molecule has 0 saturated heterocycles. The number of aryl methyl sites for hydroxylation is 1. The van der Waals surface area contributed by atoms with E-state index < -0.39 is 0 Å². The first-order valence-corrected chi connectivity index (χ1v) is 8.36. The van der Waals surface area contributed by atoms with Crippen molar-refractivity contribution in [2.75, 3.05) is 5.73 Å². The Hall–Kier alpha value is -2.48. The predicted molar refractivity (Wildman–Crippen MR) is 107 cm³/mol. The highest BCUT2D eigenvalue weighted by molar-refractivity contribution is 5.73. The molecule has 0 aliphatic carbocycles. The van der Waals surface area contributed by atoms with E-state index in [2.05, 4.69) is 64.7 Å². The van der Waals surface area contributed by atoms with Crippen LogP contribution in [0.3, 0.4) is 0 Å². The van der Waals surface area contributed by atoms with E-state index in [-0.39, 0.29) is 6.04 Å². The van der Waals surface area contributed by atoms with Crippen LogP contribution < -0.4 is 11.1 Å². The summed E-state index contributed by atoms with van der Waals surface area (Å²) in [5.41, 5.74) is 15.0. The van der Waals surface area contributed by atoms with Gasteiger partial charge in [0.2, 0.25) is 0 Å². The monoisotopic (exact) mass is 320 g/mol. The summed E-state index contributed by atoms with van der Waals surface area (Å²) in [4.78, 5) is 0. The number of nitrogens with two attached hydrogens (primary N) is 1. The van der Waals surface area contributed by atoms with E-state index in [1.807, 2.05) is 24.3 Å². The lowest BCUT2D eigenvalue weighted by Gasteiger charge is -2.19. The zero-order valence-corrected chi connectivity index (χ0v) is 15.4. The molecule has 0 bridgehead atoms. The van der Waals surface area contributed by atoms with Crippen molar-refractivity contribution in [2.24, 2.45) is 0 Å². The second-order valence-electron chi connectivity index (χ2n) is 6.67. The van der Waals surface area contributed by atoms with Gasteiger partial charge in [-0.05, 0) is 80.6 Å². The molecule has 0 spiro atoms. The molecule has 0 radical (unpaired) electrons. The topological polar surface area (TPSA) is 38.0 Å². The van der Waals surface area contributed by atoms with Crippen LogP contribution in [0.1, 0.15) is 56.0 Å². The molecule has 0 fully saturated rings. The van der Waals surface area contributed by atoms with Gasteiger partial charge in [0.25, 0.3) is 0 Å². The van der Waals surface area contributed by atoms with Crippen molar-refractivity contribution in [3.63, 3.8) is 0 Å². The Balaban J connectivity index is 2.22. The summed E-state index contributed by atoms with van der Waals surface area (Å²) >= 11 is 0. The Bertz CT molecular complexity index is 763. The smallest absolute Gasteiger partial charge is 0.0485 e. The van der Waals surface area contributed by atoms with Gasteiger partial charge in [-0.15, -0.1) is 0 Å². The number of benzene rings is 2. The van der Waals surface area contributed by atoms with E-state index in [0.29, 0.717) is 0 Å². The van der Waals surface area contributed by atoms with Crippen molar-refractivity contribution < 1.29 is 0 Å². The van der Waals surface area contributed by atoms with Gasteiger partial charge in [0.15, 0.2) is 0 Å². The highest BCUT2D eigenvalue weighted by Crippen LogP contribution is 2.26. The summed E-state index contributed by atoms with van der Waals surface area (Å²) < 4.78 is 0. The molecule has 24 heavy (non-hydrogen) atoms. The standard InChI is InChI=1S/C22H28N2/c1-14(2)16(4)22-13-20(8-7-15(22)3)18(6)24-17(5)19-9-11-21(23)12-10-19/h7-13,17,24H,6,23H2,1-5H3/t17-/m0/s1. The van der Waals surface area contributed by atoms with Crippen LogP contribution in [0.5, 0.6) is 0 Å². The lowest BCUT2D eigenvalue weighted by molar-refractivity contribution is 0.702. The van der Waals surface area contributed by atoms with Crippen molar-refractivity contribution >= 4 is 17.0 Å². The minimum absolute atomic E-state index is 0.174. The maximum absolute atomic E-state index is 5.76. The summed E-state index contributed by atoms with van der Waals surface area (Å²) in [5.74, 6) is 0. The minimum Gasteiger partial charge on any atom is -0.399 e. The Morgan fingerprint density at radius 3 is 2.25 bits per heavy atom. The normalized spacial score (nSPS) is 11.7. The molecular weight excluding hydrogens is 292 g/mol. The van der Waals surface area contributed by atoms with Crippen molar-refractivity contribution in [3.05, 3.63) is 76.9 Å². The van der Waals surface area contributed by atoms with Gasteiger partial charge in [-0.2, -0.15) is 0 Å². The molecule has 0 heterocycles. The third kappa shape index (κ3) is 4.08. The number of anilines is 1. The number of hydrogen-bond donors (Lipinski definition) is 2. The molecule has 0 aliphatic heterocycles. The quantitative estimate of drug-likeness (QED) is 0.692. The molecule has 2 aromatic rings. The van der Waals surface area contributed by atoms with Crippen LogP contribution in [-0.4, -0.2) is 0 Å². The van der Waals surface area contributed by atoms with Crippen LogP contribution in [0.2, 0.25) is 0 Å². The first-order chi connectivity index (χ1) is 11.3. The van der Waals surface area contributed by atoms with E-state index in [9.17, 15) is 0 Å². The molecule has 1 atom stereocenters. The van der Waals surface area contributed by atoms with Crippen LogP contribution in [-0.2, 0) is 0 Å². The Labute approximate surface area is 146 Å². The van der Waals surface area contributed by atoms with Gasteiger partial charge in [-0.1, -0.05) is 36.4 Å². The lowest BCUT2D eigenvalue weighted by Crippen LogP contribution is -2.16. The highest BCUT2D eigenvalue weighted by Gasteiger charge is 2.10. The summed E-state index contributed by atoms with van der Waals surface area (Å²) in [5, 5.41) is 3.50. The maximum atomic E-state index is 5.76. The van der Waals surface area contributed by atoms with Gasteiger partial charge >= 0.3 is 0 Å². The van der Waals surface area contributed by atoms with E-state index in [0.717, 1.165) is 16.9 Å². The lowest BCUT2D eigenvalue weighted by atomic mass is 9.95. The molecule has 2 rings (SSSR count). The van der Waals surface area contributed by atoms with E-state index in [1.54, 1.807) is 0 Å². The third-order valence-electron chi connectivity index (χ3n) is 4.57. The van der Waals surface area contributed by atoms with Crippen LogP contribution >= 0.6 is 0 Å². The molecule has 2 heteroatoms. The van der Waals surface area contributed by atoms with Crippen LogP contribution in [0, 0.1) is 6.92 Å². The fourth-order valence-corrected chi connectivity index (χ4v) is 2.70. The summed E-state index contributed by atoms with van der Waals surface area (Å²) in [6.07, 6.45) is 0. The molecule has 0 saturated carbocycles. The van der Waals surface area contributed by atoms with E-state index >= 15 is 0 Å². The van der Waals surface area contributed by atoms with Gasteiger partial charge in [-0.3, -0.25) is 0 Å². The van der Waals surface area contributed by atoms with Gasteiger partial charge < -0.3 is 11.1 Å². The molecule has 0 unspecified atom stereocenters. The average Bonchev–Trinajstić information content (AvgIpc) is 2.54. The number of hydrogen-bond acceptors (Lipinski definition) is 2.